The van der Waals surface area contributed by atoms with Crippen LogP contribution in [0.15, 0.2) is 11.0 Å². The fourth-order valence-electron chi connectivity index (χ4n) is 4.05. The fraction of sp³-hybridized carbons (Fsp3) is 0.722. The summed E-state index contributed by atoms with van der Waals surface area (Å²) in [7, 11) is 0. The van der Waals surface area contributed by atoms with Gasteiger partial charge in [-0.2, -0.15) is 4.98 Å². The molecule has 1 aromatic heterocycles. The number of nitrogens with one attached hydrogen (secondary N) is 1. The van der Waals surface area contributed by atoms with Crippen LogP contribution in [0.2, 0.25) is 0 Å². The van der Waals surface area contributed by atoms with Crippen molar-refractivity contribution in [2.45, 2.75) is 52.1 Å². The van der Waals surface area contributed by atoms with E-state index in [1.165, 1.54) is 12.8 Å². The Morgan fingerprint density at radius 3 is 2.88 bits per heavy atom. The van der Waals surface area contributed by atoms with Crippen LogP contribution in [-0.4, -0.2) is 46.0 Å². The average molecular weight is 330 g/mol. The Kier molecular flexibility index (Phi) is 3.75. The molecule has 2 aliphatic heterocycles. The van der Waals surface area contributed by atoms with E-state index < -0.39 is 0 Å². The van der Waals surface area contributed by atoms with Gasteiger partial charge < -0.3 is 14.8 Å². The van der Waals surface area contributed by atoms with Crippen LogP contribution >= 0.6 is 0 Å². The average Bonchev–Trinajstić information content (AvgIpc) is 3.18. The van der Waals surface area contributed by atoms with Crippen molar-refractivity contribution in [3.05, 3.63) is 27.9 Å². The van der Waals surface area contributed by atoms with Crippen LogP contribution in [0.5, 0.6) is 0 Å². The normalized spacial score (nSPS) is 26.3. The van der Waals surface area contributed by atoms with E-state index in [4.69, 9.17) is 0 Å². The van der Waals surface area contributed by atoms with Crippen LogP contribution in [0.25, 0.3) is 0 Å². The topological polar surface area (TPSA) is 67.2 Å². The SMILES string of the molecule is CC(C)N1CC[C@]2(Cc3nc(=O)c(C(=O)NCC4CC4)cn3C2)C1. The van der Waals surface area contributed by atoms with Gasteiger partial charge in [0.25, 0.3) is 11.5 Å². The highest BCUT2D eigenvalue weighted by molar-refractivity contribution is 5.93. The Bertz CT molecular complexity index is 722. The highest BCUT2D eigenvalue weighted by Gasteiger charge is 2.44. The molecular weight excluding hydrogens is 304 g/mol. The number of hydrogen-bond acceptors (Lipinski definition) is 4. The van der Waals surface area contributed by atoms with E-state index in [-0.39, 0.29) is 22.4 Å². The van der Waals surface area contributed by atoms with Gasteiger partial charge in [0.1, 0.15) is 11.4 Å². The largest absolute Gasteiger partial charge is 0.352 e. The molecule has 1 saturated carbocycles. The van der Waals surface area contributed by atoms with Gasteiger partial charge in [-0.15, -0.1) is 0 Å². The second-order valence-electron chi connectivity index (χ2n) is 8.15. The zero-order chi connectivity index (χ0) is 16.9. The molecule has 0 aromatic carbocycles. The Labute approximate surface area is 142 Å². The lowest BCUT2D eigenvalue weighted by molar-refractivity contribution is 0.0949. The summed E-state index contributed by atoms with van der Waals surface area (Å²) in [5.41, 5.74) is -0.0136. The Hall–Kier alpha value is -1.69. The zero-order valence-corrected chi connectivity index (χ0v) is 14.5. The van der Waals surface area contributed by atoms with Gasteiger partial charge in [0.05, 0.1) is 0 Å². The van der Waals surface area contributed by atoms with Crippen LogP contribution in [0.1, 0.15) is 49.3 Å². The molecule has 1 aromatic rings. The summed E-state index contributed by atoms with van der Waals surface area (Å²) in [5.74, 6) is 1.16. The minimum atomic E-state index is -0.384. The molecule has 1 aliphatic carbocycles. The molecule has 1 atom stereocenters. The van der Waals surface area contributed by atoms with Crippen LogP contribution < -0.4 is 10.9 Å². The number of carbonyl (C=O) groups excluding carboxylic acids is 1. The van der Waals surface area contributed by atoms with E-state index in [2.05, 4.69) is 29.0 Å². The van der Waals surface area contributed by atoms with Crippen LogP contribution in [0, 0.1) is 11.3 Å². The third-order valence-corrected chi connectivity index (χ3v) is 5.81. The van der Waals surface area contributed by atoms with Crippen LogP contribution in [0.4, 0.5) is 0 Å². The summed E-state index contributed by atoms with van der Waals surface area (Å²) in [5, 5.41) is 2.88. The maximum Gasteiger partial charge on any atom is 0.285 e. The summed E-state index contributed by atoms with van der Waals surface area (Å²) in [4.78, 5) is 31.3. The molecule has 0 radical (unpaired) electrons. The minimum Gasteiger partial charge on any atom is -0.352 e. The van der Waals surface area contributed by atoms with Crippen molar-refractivity contribution in [3.63, 3.8) is 0 Å². The van der Waals surface area contributed by atoms with Gasteiger partial charge in [0, 0.05) is 43.7 Å². The molecule has 1 N–H and O–H groups in total. The van der Waals surface area contributed by atoms with Crippen molar-refractivity contribution in [2.75, 3.05) is 19.6 Å². The second-order valence-corrected chi connectivity index (χ2v) is 8.15. The number of hydrogen-bond donors (Lipinski definition) is 1. The number of carbonyl (C=O) groups is 1. The number of amides is 1. The summed E-state index contributed by atoms with van der Waals surface area (Å²) >= 11 is 0. The molecule has 1 amide bonds. The highest BCUT2D eigenvalue weighted by atomic mass is 16.2. The van der Waals surface area contributed by atoms with E-state index in [1.807, 2.05) is 4.57 Å². The third kappa shape index (κ3) is 2.88. The number of likely N-dealkylation sites (tertiary alicyclic amines) is 1. The molecule has 4 rings (SSSR count). The predicted molar refractivity (Wildman–Crippen MR) is 91.0 cm³/mol. The summed E-state index contributed by atoms with van der Waals surface area (Å²) in [6.45, 7) is 8.14. The van der Waals surface area contributed by atoms with E-state index in [0.717, 1.165) is 38.3 Å². The Morgan fingerprint density at radius 2 is 2.21 bits per heavy atom. The van der Waals surface area contributed by atoms with Crippen molar-refractivity contribution in [2.24, 2.45) is 11.3 Å². The van der Waals surface area contributed by atoms with Gasteiger partial charge >= 0.3 is 0 Å². The van der Waals surface area contributed by atoms with Gasteiger partial charge in [0.15, 0.2) is 0 Å². The first kappa shape index (κ1) is 15.8. The molecule has 0 bridgehead atoms. The van der Waals surface area contributed by atoms with Gasteiger partial charge in [-0.3, -0.25) is 9.59 Å². The molecule has 24 heavy (non-hydrogen) atoms. The summed E-state index contributed by atoms with van der Waals surface area (Å²) in [6.07, 6.45) is 6.06. The van der Waals surface area contributed by atoms with Gasteiger partial charge in [-0.1, -0.05) is 0 Å². The summed E-state index contributed by atoms with van der Waals surface area (Å²) in [6, 6.07) is 0.546. The maximum atomic E-state index is 12.3. The third-order valence-electron chi connectivity index (χ3n) is 5.81. The van der Waals surface area contributed by atoms with E-state index in [0.29, 0.717) is 18.5 Å². The van der Waals surface area contributed by atoms with Crippen molar-refractivity contribution in [3.8, 4) is 0 Å². The Morgan fingerprint density at radius 1 is 1.42 bits per heavy atom. The molecule has 130 valence electrons. The number of nitrogens with zero attached hydrogens (tertiary/aromatic N) is 3. The molecular formula is C18H26N4O2. The number of rotatable bonds is 4. The van der Waals surface area contributed by atoms with Crippen LogP contribution in [0.3, 0.4) is 0 Å². The lowest BCUT2D eigenvalue weighted by Crippen LogP contribution is -2.33. The molecule has 1 spiro atoms. The zero-order valence-electron chi connectivity index (χ0n) is 14.5. The van der Waals surface area contributed by atoms with Gasteiger partial charge in [-0.25, -0.2) is 0 Å². The first-order valence-electron chi connectivity index (χ1n) is 9.08. The van der Waals surface area contributed by atoms with Crippen molar-refractivity contribution >= 4 is 5.91 Å². The van der Waals surface area contributed by atoms with E-state index in [9.17, 15) is 9.59 Å². The molecule has 3 aliphatic rings. The second kappa shape index (κ2) is 5.69. The smallest absolute Gasteiger partial charge is 0.285 e. The first-order chi connectivity index (χ1) is 11.5. The van der Waals surface area contributed by atoms with Gasteiger partial charge in [-0.05, 0) is 45.6 Å². The monoisotopic (exact) mass is 330 g/mol. The minimum absolute atomic E-state index is 0.180. The molecule has 2 fully saturated rings. The van der Waals surface area contributed by atoms with E-state index in [1.54, 1.807) is 6.20 Å². The molecule has 3 heterocycles. The van der Waals surface area contributed by atoms with Gasteiger partial charge in [0.2, 0.25) is 0 Å². The summed E-state index contributed by atoms with van der Waals surface area (Å²) < 4.78 is 2.04. The first-order valence-corrected chi connectivity index (χ1v) is 9.08. The Balaban J connectivity index is 1.52. The number of fused-ring (bicyclic) bond motifs is 1. The van der Waals surface area contributed by atoms with Crippen molar-refractivity contribution < 1.29 is 4.79 Å². The quantitative estimate of drug-likeness (QED) is 0.896. The lowest BCUT2D eigenvalue weighted by atomic mass is 9.86. The molecule has 6 heteroatoms. The van der Waals surface area contributed by atoms with Crippen LogP contribution in [-0.2, 0) is 13.0 Å². The lowest BCUT2D eigenvalue weighted by Gasteiger charge is -2.25. The molecule has 6 nitrogen and oxygen atoms in total. The van der Waals surface area contributed by atoms with Crippen molar-refractivity contribution in [1.29, 1.82) is 0 Å². The fourth-order valence-corrected chi connectivity index (χ4v) is 4.05. The highest BCUT2D eigenvalue weighted by Crippen LogP contribution is 2.40. The number of aromatic nitrogens is 2. The van der Waals surface area contributed by atoms with Crippen molar-refractivity contribution in [1.82, 2.24) is 19.8 Å². The predicted octanol–water partition coefficient (Wildman–Crippen LogP) is 1.04. The molecule has 0 unspecified atom stereocenters. The standard InChI is InChI=1S/C18H26N4O2/c1-12(2)21-6-5-18(10-21)7-15-20-17(24)14(9-22(15)11-18)16(23)19-8-13-3-4-13/h9,12-13H,3-8,10-11H2,1-2H3,(H,19,23)/t18-/m0/s1. The van der Waals surface area contributed by atoms with E-state index >= 15 is 0 Å². The molecule has 1 saturated heterocycles. The maximum absolute atomic E-state index is 12.3.